The molecule has 130 valence electrons. The van der Waals surface area contributed by atoms with Gasteiger partial charge in [-0.15, -0.1) is 0 Å². The summed E-state index contributed by atoms with van der Waals surface area (Å²) in [5.41, 5.74) is 3.07. The minimum Gasteiger partial charge on any atom is -0.497 e. The summed E-state index contributed by atoms with van der Waals surface area (Å²) in [6, 6.07) is 13.1. The molecule has 5 heteroatoms. The van der Waals surface area contributed by atoms with E-state index in [4.69, 9.17) is 9.47 Å². The second-order valence-corrected chi connectivity index (χ2v) is 6.18. The van der Waals surface area contributed by atoms with Crippen LogP contribution in [0.1, 0.15) is 29.9 Å². The molecule has 0 unspecified atom stereocenters. The topological polar surface area (TPSA) is 63.4 Å². The molecule has 5 nitrogen and oxygen atoms in total. The van der Waals surface area contributed by atoms with Crippen LogP contribution in [0, 0.1) is 6.92 Å². The molecular weight excluding hydrogens is 316 g/mol. The van der Waals surface area contributed by atoms with Gasteiger partial charge in [-0.2, -0.15) is 0 Å². The van der Waals surface area contributed by atoms with E-state index < -0.39 is 0 Å². The maximum absolute atomic E-state index is 12.6. The number of hydrogen-bond donors (Lipinski definition) is 2. The van der Waals surface area contributed by atoms with Crippen molar-refractivity contribution in [2.45, 2.75) is 26.9 Å². The van der Waals surface area contributed by atoms with E-state index in [9.17, 15) is 4.79 Å². The molecule has 1 aromatic heterocycles. The Balaban J connectivity index is 1.81. The van der Waals surface area contributed by atoms with Gasteiger partial charge in [0.2, 0.25) is 0 Å². The smallest absolute Gasteiger partial charge is 0.272 e. The van der Waals surface area contributed by atoms with Gasteiger partial charge in [0.1, 0.15) is 17.2 Å². The molecule has 0 aliphatic heterocycles. The molecule has 1 heterocycles. The molecule has 0 atom stereocenters. The monoisotopic (exact) mass is 338 g/mol. The molecule has 0 spiro atoms. The van der Waals surface area contributed by atoms with E-state index in [1.54, 1.807) is 7.11 Å². The molecule has 0 saturated heterocycles. The maximum Gasteiger partial charge on any atom is 0.272 e. The predicted molar refractivity (Wildman–Crippen MR) is 99.7 cm³/mol. The predicted octanol–water partition coefficient (Wildman–Crippen LogP) is 4.52. The fourth-order valence-corrected chi connectivity index (χ4v) is 2.74. The number of carbonyl (C=O) groups is 1. The van der Waals surface area contributed by atoms with E-state index in [1.165, 1.54) is 0 Å². The van der Waals surface area contributed by atoms with Crippen LogP contribution in [-0.2, 0) is 0 Å². The van der Waals surface area contributed by atoms with E-state index in [2.05, 4.69) is 10.3 Å². The Morgan fingerprint density at radius 2 is 1.76 bits per heavy atom. The Morgan fingerprint density at radius 3 is 2.40 bits per heavy atom. The van der Waals surface area contributed by atoms with Gasteiger partial charge in [-0.3, -0.25) is 4.79 Å². The van der Waals surface area contributed by atoms with Crippen molar-refractivity contribution in [3.05, 3.63) is 53.7 Å². The summed E-state index contributed by atoms with van der Waals surface area (Å²) in [5.74, 6) is 1.37. The summed E-state index contributed by atoms with van der Waals surface area (Å²) in [7, 11) is 1.63. The molecule has 0 aliphatic carbocycles. The number of anilines is 1. The summed E-state index contributed by atoms with van der Waals surface area (Å²) < 4.78 is 10.9. The average Bonchev–Trinajstić information content (AvgIpc) is 2.92. The summed E-state index contributed by atoms with van der Waals surface area (Å²) >= 11 is 0. The number of methoxy groups -OCH3 is 1. The molecular formula is C20H22N2O3. The molecule has 0 aliphatic rings. The average molecular weight is 338 g/mol. The summed E-state index contributed by atoms with van der Waals surface area (Å²) in [5, 5.41) is 3.89. The van der Waals surface area contributed by atoms with Crippen molar-refractivity contribution >= 4 is 22.5 Å². The Bertz CT molecular complexity index is 895. The van der Waals surface area contributed by atoms with Crippen LogP contribution in [0.25, 0.3) is 10.9 Å². The van der Waals surface area contributed by atoms with Crippen molar-refractivity contribution in [2.24, 2.45) is 0 Å². The fraction of sp³-hybridized carbons (Fsp3) is 0.250. The zero-order chi connectivity index (χ0) is 18.0. The van der Waals surface area contributed by atoms with E-state index in [0.717, 1.165) is 33.7 Å². The molecule has 0 radical (unpaired) electrons. The van der Waals surface area contributed by atoms with Crippen LogP contribution in [-0.4, -0.2) is 24.1 Å². The van der Waals surface area contributed by atoms with Gasteiger partial charge in [-0.1, -0.05) is 0 Å². The SMILES string of the molecule is COc1ccc2[nH]c(C(=O)Nc3ccc(OC(C)C)cc3)c(C)c2c1. The number of hydrogen-bond acceptors (Lipinski definition) is 3. The zero-order valence-corrected chi connectivity index (χ0v) is 14.8. The lowest BCUT2D eigenvalue weighted by Crippen LogP contribution is -2.13. The number of rotatable bonds is 5. The van der Waals surface area contributed by atoms with Gasteiger partial charge in [0, 0.05) is 16.6 Å². The summed E-state index contributed by atoms with van der Waals surface area (Å²) in [4.78, 5) is 15.8. The van der Waals surface area contributed by atoms with Gasteiger partial charge in [-0.05, 0) is 68.8 Å². The van der Waals surface area contributed by atoms with Crippen molar-refractivity contribution in [3.63, 3.8) is 0 Å². The van der Waals surface area contributed by atoms with Gasteiger partial charge in [0.05, 0.1) is 13.2 Å². The van der Waals surface area contributed by atoms with E-state index in [1.807, 2.05) is 63.2 Å². The quantitative estimate of drug-likeness (QED) is 0.719. The molecule has 25 heavy (non-hydrogen) atoms. The number of nitrogens with one attached hydrogen (secondary N) is 2. The van der Waals surface area contributed by atoms with Gasteiger partial charge in [0.15, 0.2) is 0 Å². The highest BCUT2D eigenvalue weighted by Crippen LogP contribution is 2.26. The largest absolute Gasteiger partial charge is 0.497 e. The lowest BCUT2D eigenvalue weighted by molar-refractivity contribution is 0.102. The highest BCUT2D eigenvalue weighted by atomic mass is 16.5. The molecule has 1 amide bonds. The third-order valence-electron chi connectivity index (χ3n) is 3.98. The Morgan fingerprint density at radius 1 is 1.08 bits per heavy atom. The molecule has 0 fully saturated rings. The first-order valence-electron chi connectivity index (χ1n) is 8.22. The summed E-state index contributed by atoms with van der Waals surface area (Å²) in [6.07, 6.45) is 0.117. The second kappa shape index (κ2) is 6.89. The number of ether oxygens (including phenoxy) is 2. The van der Waals surface area contributed by atoms with Crippen molar-refractivity contribution < 1.29 is 14.3 Å². The molecule has 3 aromatic rings. The summed E-state index contributed by atoms with van der Waals surface area (Å²) in [6.45, 7) is 5.87. The van der Waals surface area contributed by atoms with Gasteiger partial charge < -0.3 is 19.8 Å². The molecule has 2 aromatic carbocycles. The Labute approximate surface area is 147 Å². The van der Waals surface area contributed by atoms with Crippen LogP contribution in [0.3, 0.4) is 0 Å². The Kier molecular flexibility index (Phi) is 4.65. The number of aromatic amines is 1. The lowest BCUT2D eigenvalue weighted by Gasteiger charge is -2.10. The molecule has 0 bridgehead atoms. The first-order chi connectivity index (χ1) is 12.0. The number of benzene rings is 2. The van der Waals surface area contributed by atoms with Crippen LogP contribution in [0.4, 0.5) is 5.69 Å². The van der Waals surface area contributed by atoms with Crippen molar-refractivity contribution in [1.82, 2.24) is 4.98 Å². The third kappa shape index (κ3) is 3.60. The van der Waals surface area contributed by atoms with Crippen molar-refractivity contribution in [2.75, 3.05) is 12.4 Å². The first-order valence-corrected chi connectivity index (χ1v) is 8.22. The molecule has 3 rings (SSSR count). The van der Waals surface area contributed by atoms with Crippen LogP contribution < -0.4 is 14.8 Å². The highest BCUT2D eigenvalue weighted by molar-refractivity contribution is 6.08. The number of amides is 1. The Hall–Kier alpha value is -2.95. The van der Waals surface area contributed by atoms with Crippen LogP contribution in [0.5, 0.6) is 11.5 Å². The second-order valence-electron chi connectivity index (χ2n) is 6.18. The van der Waals surface area contributed by atoms with E-state index in [0.29, 0.717) is 5.69 Å². The number of carbonyl (C=O) groups excluding carboxylic acids is 1. The van der Waals surface area contributed by atoms with Gasteiger partial charge in [0.25, 0.3) is 5.91 Å². The fourth-order valence-electron chi connectivity index (χ4n) is 2.74. The van der Waals surface area contributed by atoms with Crippen LogP contribution in [0.2, 0.25) is 0 Å². The minimum atomic E-state index is -0.176. The van der Waals surface area contributed by atoms with Crippen LogP contribution >= 0.6 is 0 Å². The zero-order valence-electron chi connectivity index (χ0n) is 14.8. The third-order valence-corrected chi connectivity index (χ3v) is 3.98. The van der Waals surface area contributed by atoms with Gasteiger partial charge in [-0.25, -0.2) is 0 Å². The standard InChI is InChI=1S/C20H22N2O3/c1-12(2)25-15-7-5-14(6-8-15)21-20(23)19-13(3)17-11-16(24-4)9-10-18(17)22-19/h5-12,22H,1-4H3,(H,21,23). The van der Waals surface area contributed by atoms with Gasteiger partial charge >= 0.3 is 0 Å². The number of aromatic nitrogens is 1. The highest BCUT2D eigenvalue weighted by Gasteiger charge is 2.15. The molecule has 2 N–H and O–H groups in total. The van der Waals surface area contributed by atoms with Crippen molar-refractivity contribution in [3.8, 4) is 11.5 Å². The molecule has 0 saturated carbocycles. The minimum absolute atomic E-state index is 0.117. The first kappa shape index (κ1) is 16.9. The number of aryl methyl sites for hydroxylation is 1. The number of fused-ring (bicyclic) bond motifs is 1. The normalized spacial score (nSPS) is 10.9. The van der Waals surface area contributed by atoms with Crippen molar-refractivity contribution in [1.29, 1.82) is 0 Å². The van der Waals surface area contributed by atoms with E-state index >= 15 is 0 Å². The lowest BCUT2D eigenvalue weighted by atomic mass is 10.1. The van der Waals surface area contributed by atoms with Crippen LogP contribution in [0.15, 0.2) is 42.5 Å². The van der Waals surface area contributed by atoms with E-state index in [-0.39, 0.29) is 12.0 Å². The maximum atomic E-state index is 12.6. The number of H-pyrrole nitrogens is 1.